The molecule has 5 heteroatoms. The third-order valence-electron chi connectivity index (χ3n) is 4.55. The van der Waals surface area contributed by atoms with Crippen LogP contribution < -0.4 is 10.3 Å². The molecule has 4 rings (SSSR count). The number of hydrogen-bond acceptors (Lipinski definition) is 3. The van der Waals surface area contributed by atoms with E-state index in [4.69, 9.17) is 16.3 Å². The maximum Gasteiger partial charge on any atom is 0.258 e. The normalized spacial score (nSPS) is 11.6. The highest BCUT2D eigenvalue weighted by Gasteiger charge is 2.07. The van der Waals surface area contributed by atoms with E-state index in [0.29, 0.717) is 23.0 Å². The van der Waals surface area contributed by atoms with Gasteiger partial charge in [-0.15, -0.1) is 0 Å². The van der Waals surface area contributed by atoms with Gasteiger partial charge in [-0.2, -0.15) is 0 Å². The quantitative estimate of drug-likeness (QED) is 0.454. The Kier molecular flexibility index (Phi) is 5.45. The molecule has 0 bridgehead atoms. The maximum absolute atomic E-state index is 12.4. The Morgan fingerprint density at radius 2 is 1.83 bits per heavy atom. The van der Waals surface area contributed by atoms with Crippen LogP contribution >= 0.6 is 11.6 Å². The first-order valence-corrected chi connectivity index (χ1v) is 9.61. The van der Waals surface area contributed by atoms with Gasteiger partial charge in [0.05, 0.1) is 10.7 Å². The summed E-state index contributed by atoms with van der Waals surface area (Å²) in [6.45, 7) is 2.43. The lowest BCUT2D eigenvalue weighted by Crippen LogP contribution is -2.15. The summed E-state index contributed by atoms with van der Waals surface area (Å²) in [5.41, 5.74) is 3.82. The largest absolute Gasteiger partial charge is 0.489 e. The fourth-order valence-corrected chi connectivity index (χ4v) is 3.23. The van der Waals surface area contributed by atoms with E-state index >= 15 is 0 Å². The number of nitrogens with zero attached hydrogens (tertiary/aromatic N) is 2. The van der Waals surface area contributed by atoms with Crippen LogP contribution in [0.25, 0.3) is 16.8 Å². The average Bonchev–Trinajstić information content (AvgIpc) is 2.74. The molecule has 0 N–H and O–H groups in total. The first kappa shape index (κ1) is 19.0. The van der Waals surface area contributed by atoms with Crippen LogP contribution in [0.1, 0.15) is 22.4 Å². The van der Waals surface area contributed by atoms with Gasteiger partial charge in [0.25, 0.3) is 5.56 Å². The predicted molar refractivity (Wildman–Crippen MR) is 117 cm³/mol. The second-order valence-electron chi connectivity index (χ2n) is 6.70. The molecule has 0 saturated carbocycles. The summed E-state index contributed by atoms with van der Waals surface area (Å²) < 4.78 is 7.32. The molecule has 4 aromatic rings. The van der Waals surface area contributed by atoms with E-state index < -0.39 is 0 Å². The molecule has 29 heavy (non-hydrogen) atoms. The van der Waals surface area contributed by atoms with Crippen molar-refractivity contribution in [1.82, 2.24) is 9.38 Å². The van der Waals surface area contributed by atoms with Gasteiger partial charge in [-0.25, -0.2) is 4.98 Å². The SMILES string of the molecule is Cc1cccn2c(=O)cc(/C(Cl)=C/c3ccc(OCc4ccccc4)cc3)nc12. The fourth-order valence-electron chi connectivity index (χ4n) is 3.01. The molecule has 2 aromatic heterocycles. The molecule has 0 aliphatic rings. The van der Waals surface area contributed by atoms with E-state index in [1.54, 1.807) is 12.3 Å². The Bertz CT molecular complexity index is 1230. The van der Waals surface area contributed by atoms with Gasteiger partial charge in [-0.05, 0) is 47.9 Å². The first-order chi connectivity index (χ1) is 14.1. The van der Waals surface area contributed by atoms with Gasteiger partial charge < -0.3 is 4.74 Å². The summed E-state index contributed by atoms with van der Waals surface area (Å²) in [6.07, 6.45) is 3.49. The summed E-state index contributed by atoms with van der Waals surface area (Å²) in [6, 6.07) is 22.8. The van der Waals surface area contributed by atoms with Crippen LogP contribution in [0.2, 0.25) is 0 Å². The molecule has 0 aliphatic heterocycles. The molecule has 2 heterocycles. The van der Waals surface area contributed by atoms with Crippen LogP contribution in [0.5, 0.6) is 5.75 Å². The lowest BCUT2D eigenvalue weighted by molar-refractivity contribution is 0.306. The lowest BCUT2D eigenvalue weighted by atomic mass is 10.2. The Balaban J connectivity index is 1.54. The van der Waals surface area contributed by atoms with Crippen molar-refractivity contribution < 1.29 is 4.74 Å². The number of halogens is 1. The molecular weight excluding hydrogens is 384 g/mol. The van der Waals surface area contributed by atoms with Crippen LogP contribution in [0.3, 0.4) is 0 Å². The topological polar surface area (TPSA) is 43.6 Å². The van der Waals surface area contributed by atoms with Crippen molar-refractivity contribution in [2.75, 3.05) is 0 Å². The Labute approximate surface area is 173 Å². The number of hydrogen-bond donors (Lipinski definition) is 0. The monoisotopic (exact) mass is 402 g/mol. The molecule has 0 aliphatic carbocycles. The highest BCUT2D eigenvalue weighted by atomic mass is 35.5. The minimum atomic E-state index is -0.162. The van der Waals surface area contributed by atoms with E-state index in [1.165, 1.54) is 10.5 Å². The van der Waals surface area contributed by atoms with Gasteiger partial charge in [0, 0.05) is 12.3 Å². The Morgan fingerprint density at radius 3 is 2.59 bits per heavy atom. The van der Waals surface area contributed by atoms with E-state index in [9.17, 15) is 4.79 Å². The van der Waals surface area contributed by atoms with E-state index in [-0.39, 0.29) is 5.56 Å². The number of benzene rings is 2. The zero-order valence-electron chi connectivity index (χ0n) is 15.9. The molecule has 144 valence electrons. The second-order valence-corrected chi connectivity index (χ2v) is 7.11. The van der Waals surface area contributed by atoms with Crippen LogP contribution in [0, 0.1) is 6.92 Å². The summed E-state index contributed by atoms with van der Waals surface area (Å²) in [7, 11) is 0. The standard InChI is InChI=1S/C24H19ClN2O2/c1-17-6-5-13-27-23(28)15-22(26-24(17)27)21(25)14-18-9-11-20(12-10-18)29-16-19-7-3-2-4-8-19/h2-15H,16H2,1H3/b21-14-. The van der Waals surface area contributed by atoms with Crippen molar-refractivity contribution >= 4 is 28.4 Å². The van der Waals surface area contributed by atoms with E-state index in [2.05, 4.69) is 4.98 Å². The lowest BCUT2D eigenvalue weighted by Gasteiger charge is -2.07. The third-order valence-corrected chi connectivity index (χ3v) is 4.86. The number of aryl methyl sites for hydroxylation is 1. The van der Waals surface area contributed by atoms with Crippen molar-refractivity contribution in [2.45, 2.75) is 13.5 Å². The van der Waals surface area contributed by atoms with Crippen LogP contribution in [-0.2, 0) is 6.61 Å². The van der Waals surface area contributed by atoms with Gasteiger partial charge in [0.1, 0.15) is 18.0 Å². The zero-order chi connectivity index (χ0) is 20.2. The number of rotatable bonds is 5. The average molecular weight is 403 g/mol. The molecule has 0 amide bonds. The maximum atomic E-state index is 12.4. The van der Waals surface area contributed by atoms with Gasteiger partial charge in [0.2, 0.25) is 0 Å². The van der Waals surface area contributed by atoms with E-state index in [0.717, 1.165) is 22.4 Å². The molecule has 0 spiro atoms. The highest BCUT2D eigenvalue weighted by Crippen LogP contribution is 2.22. The molecule has 0 radical (unpaired) electrons. The summed E-state index contributed by atoms with van der Waals surface area (Å²) in [5.74, 6) is 0.778. The Hall–Kier alpha value is -3.37. The summed E-state index contributed by atoms with van der Waals surface area (Å²) in [5, 5.41) is 0.408. The summed E-state index contributed by atoms with van der Waals surface area (Å²) >= 11 is 6.47. The van der Waals surface area contributed by atoms with Crippen molar-refractivity contribution in [2.24, 2.45) is 0 Å². The fraction of sp³-hybridized carbons (Fsp3) is 0.0833. The number of pyridine rings is 1. The van der Waals surface area contributed by atoms with Gasteiger partial charge >= 0.3 is 0 Å². The molecular formula is C24H19ClN2O2. The highest BCUT2D eigenvalue weighted by molar-refractivity contribution is 6.51. The van der Waals surface area contributed by atoms with Gasteiger partial charge in [0.15, 0.2) is 0 Å². The molecule has 2 aromatic carbocycles. The summed E-state index contributed by atoms with van der Waals surface area (Å²) in [4.78, 5) is 16.9. The predicted octanol–water partition coefficient (Wildman–Crippen LogP) is 5.32. The molecule has 4 nitrogen and oxygen atoms in total. The molecule has 0 fully saturated rings. The van der Waals surface area contributed by atoms with Crippen molar-refractivity contribution in [3.8, 4) is 5.75 Å². The first-order valence-electron chi connectivity index (χ1n) is 9.23. The van der Waals surface area contributed by atoms with E-state index in [1.807, 2.05) is 73.7 Å². The number of ether oxygens (including phenoxy) is 1. The third kappa shape index (κ3) is 4.39. The molecule has 0 saturated heterocycles. The second kappa shape index (κ2) is 8.33. The van der Waals surface area contributed by atoms with Crippen molar-refractivity contribution in [3.63, 3.8) is 0 Å². The molecule has 0 unspecified atom stereocenters. The number of aromatic nitrogens is 2. The minimum Gasteiger partial charge on any atom is -0.489 e. The minimum absolute atomic E-state index is 0.162. The van der Waals surface area contributed by atoms with Crippen molar-refractivity contribution in [1.29, 1.82) is 0 Å². The Morgan fingerprint density at radius 1 is 1.07 bits per heavy atom. The molecule has 0 atom stereocenters. The van der Waals surface area contributed by atoms with Crippen molar-refractivity contribution in [3.05, 3.63) is 112 Å². The van der Waals surface area contributed by atoms with Gasteiger partial charge in [-0.1, -0.05) is 60.1 Å². The van der Waals surface area contributed by atoms with Crippen LogP contribution in [-0.4, -0.2) is 9.38 Å². The smallest absolute Gasteiger partial charge is 0.258 e. The van der Waals surface area contributed by atoms with Crippen LogP contribution in [0.15, 0.2) is 83.8 Å². The van der Waals surface area contributed by atoms with Crippen LogP contribution in [0.4, 0.5) is 0 Å². The van der Waals surface area contributed by atoms with Gasteiger partial charge in [-0.3, -0.25) is 9.20 Å². The number of fused-ring (bicyclic) bond motifs is 1. The zero-order valence-corrected chi connectivity index (χ0v) is 16.6.